The van der Waals surface area contributed by atoms with E-state index in [9.17, 15) is 5.11 Å². The first-order valence-electron chi connectivity index (χ1n) is 5.88. The number of rotatable bonds is 5. The van der Waals surface area contributed by atoms with Crippen molar-refractivity contribution in [1.29, 1.82) is 0 Å². The molecule has 1 aromatic carbocycles. The molecule has 0 saturated carbocycles. The van der Waals surface area contributed by atoms with E-state index >= 15 is 0 Å². The third-order valence-corrected chi connectivity index (χ3v) is 3.67. The van der Waals surface area contributed by atoms with Gasteiger partial charge in [0.2, 0.25) is 0 Å². The van der Waals surface area contributed by atoms with Crippen LogP contribution in [0.5, 0.6) is 5.75 Å². The van der Waals surface area contributed by atoms with E-state index in [4.69, 9.17) is 23.2 Å². The van der Waals surface area contributed by atoms with Crippen LogP contribution in [0.3, 0.4) is 0 Å². The van der Waals surface area contributed by atoms with Crippen molar-refractivity contribution < 1.29 is 5.11 Å². The van der Waals surface area contributed by atoms with Crippen LogP contribution in [0.15, 0.2) is 30.9 Å². The fraction of sp³-hybridized carbons (Fsp3) is 0.308. The van der Waals surface area contributed by atoms with E-state index in [0.717, 1.165) is 18.7 Å². The molecular formula is C13H15Cl2N3O. The van der Waals surface area contributed by atoms with Gasteiger partial charge in [0.1, 0.15) is 5.75 Å². The summed E-state index contributed by atoms with van der Waals surface area (Å²) in [5.74, 6) is 0.0593. The van der Waals surface area contributed by atoms with Crippen LogP contribution in [0.25, 0.3) is 0 Å². The molecule has 6 heteroatoms. The Kier molecular flexibility index (Phi) is 4.69. The lowest BCUT2D eigenvalue weighted by molar-refractivity contribution is 0.311. The smallest absolute Gasteiger partial charge is 0.134 e. The number of hydrogen-bond acceptors (Lipinski definition) is 3. The minimum absolute atomic E-state index is 0.0593. The van der Waals surface area contributed by atoms with Crippen LogP contribution in [-0.2, 0) is 13.1 Å². The second-order valence-electron chi connectivity index (χ2n) is 4.40. The molecule has 0 unspecified atom stereocenters. The van der Waals surface area contributed by atoms with Crippen LogP contribution in [0, 0.1) is 0 Å². The van der Waals surface area contributed by atoms with Gasteiger partial charge in [-0.2, -0.15) is 0 Å². The monoisotopic (exact) mass is 299 g/mol. The fourth-order valence-corrected chi connectivity index (χ4v) is 2.27. The number of aromatic nitrogens is 2. The molecule has 0 spiro atoms. The second kappa shape index (κ2) is 6.28. The predicted octanol–water partition coefficient (Wildman–Crippen LogP) is 3.03. The van der Waals surface area contributed by atoms with Crippen molar-refractivity contribution in [2.75, 3.05) is 13.6 Å². The molecule has 1 heterocycles. The van der Waals surface area contributed by atoms with Crippen molar-refractivity contribution >= 4 is 23.2 Å². The van der Waals surface area contributed by atoms with Gasteiger partial charge in [-0.05, 0) is 19.2 Å². The number of hydrogen-bond donors (Lipinski definition) is 1. The molecule has 0 saturated heterocycles. The average molecular weight is 300 g/mol. The molecule has 1 N–H and O–H groups in total. The minimum atomic E-state index is 0.0593. The molecule has 1 aromatic heterocycles. The van der Waals surface area contributed by atoms with Crippen LogP contribution in [0.2, 0.25) is 10.0 Å². The number of halogens is 2. The number of benzene rings is 1. The Balaban J connectivity index is 1.99. The topological polar surface area (TPSA) is 41.3 Å². The van der Waals surface area contributed by atoms with Crippen LogP contribution in [-0.4, -0.2) is 33.1 Å². The Bertz CT molecular complexity index is 543. The summed E-state index contributed by atoms with van der Waals surface area (Å²) >= 11 is 12.2. The van der Waals surface area contributed by atoms with Gasteiger partial charge in [-0.25, -0.2) is 4.98 Å². The number of phenols is 1. The number of imidazole rings is 1. The lowest BCUT2D eigenvalue weighted by Crippen LogP contribution is -2.22. The zero-order valence-corrected chi connectivity index (χ0v) is 12.1. The highest BCUT2D eigenvalue weighted by atomic mass is 35.5. The molecule has 2 rings (SSSR count). The van der Waals surface area contributed by atoms with Crippen molar-refractivity contribution in [3.63, 3.8) is 0 Å². The summed E-state index contributed by atoms with van der Waals surface area (Å²) in [6.45, 7) is 2.25. The largest absolute Gasteiger partial charge is 0.506 e. The van der Waals surface area contributed by atoms with E-state index in [1.54, 1.807) is 18.6 Å². The van der Waals surface area contributed by atoms with Gasteiger partial charge >= 0.3 is 0 Å². The Morgan fingerprint density at radius 1 is 1.37 bits per heavy atom. The van der Waals surface area contributed by atoms with Gasteiger partial charge in [0, 0.05) is 42.6 Å². The Morgan fingerprint density at radius 2 is 2.16 bits per heavy atom. The van der Waals surface area contributed by atoms with E-state index in [1.165, 1.54) is 6.07 Å². The van der Waals surface area contributed by atoms with E-state index in [1.807, 2.05) is 17.8 Å². The Morgan fingerprint density at radius 3 is 2.84 bits per heavy atom. The first-order chi connectivity index (χ1) is 9.08. The molecule has 0 aliphatic rings. The normalized spacial score (nSPS) is 11.2. The van der Waals surface area contributed by atoms with Gasteiger partial charge in [0.25, 0.3) is 0 Å². The molecule has 0 fully saturated rings. The highest BCUT2D eigenvalue weighted by molar-refractivity contribution is 6.36. The van der Waals surface area contributed by atoms with Gasteiger partial charge < -0.3 is 14.6 Å². The summed E-state index contributed by atoms with van der Waals surface area (Å²) in [4.78, 5) is 6.08. The molecule has 102 valence electrons. The van der Waals surface area contributed by atoms with Crippen LogP contribution < -0.4 is 0 Å². The van der Waals surface area contributed by atoms with Crippen LogP contribution in [0.4, 0.5) is 0 Å². The number of aromatic hydroxyl groups is 1. The van der Waals surface area contributed by atoms with Gasteiger partial charge in [-0.15, -0.1) is 0 Å². The van der Waals surface area contributed by atoms with Gasteiger partial charge in [0.05, 0.1) is 11.3 Å². The second-order valence-corrected chi connectivity index (χ2v) is 5.18. The first-order valence-corrected chi connectivity index (χ1v) is 6.63. The van der Waals surface area contributed by atoms with Gasteiger partial charge in [0.15, 0.2) is 0 Å². The summed E-state index contributed by atoms with van der Waals surface area (Å²) < 4.78 is 2.00. The SMILES string of the molecule is CN(CCn1ccnc1)Cc1c(Cl)ccc(O)c1Cl. The predicted molar refractivity (Wildman–Crippen MR) is 76.7 cm³/mol. The van der Waals surface area contributed by atoms with Gasteiger partial charge in [-0.3, -0.25) is 0 Å². The highest BCUT2D eigenvalue weighted by Gasteiger charge is 2.12. The maximum atomic E-state index is 9.60. The Hall–Kier alpha value is -1.23. The Labute approximate surface area is 122 Å². The molecule has 0 atom stereocenters. The maximum Gasteiger partial charge on any atom is 0.134 e. The minimum Gasteiger partial charge on any atom is -0.506 e. The number of nitrogens with zero attached hydrogens (tertiary/aromatic N) is 3. The maximum absolute atomic E-state index is 9.60. The third-order valence-electron chi connectivity index (χ3n) is 2.89. The van der Waals surface area contributed by atoms with Crippen molar-refractivity contribution in [3.05, 3.63) is 46.5 Å². The molecule has 0 radical (unpaired) electrons. The lowest BCUT2D eigenvalue weighted by atomic mass is 10.2. The van der Waals surface area contributed by atoms with Crippen molar-refractivity contribution in [3.8, 4) is 5.75 Å². The molecule has 4 nitrogen and oxygen atoms in total. The molecular weight excluding hydrogens is 285 g/mol. The number of phenolic OH excluding ortho intramolecular Hbond substituents is 1. The fourth-order valence-electron chi connectivity index (χ4n) is 1.78. The van der Waals surface area contributed by atoms with Crippen molar-refractivity contribution in [2.45, 2.75) is 13.1 Å². The zero-order chi connectivity index (χ0) is 13.8. The van der Waals surface area contributed by atoms with Crippen LogP contribution in [0.1, 0.15) is 5.56 Å². The first kappa shape index (κ1) is 14.2. The quantitative estimate of drug-likeness (QED) is 0.923. The molecule has 0 aliphatic carbocycles. The molecule has 0 bridgehead atoms. The summed E-state index contributed by atoms with van der Waals surface area (Å²) in [5, 5.41) is 10.5. The third kappa shape index (κ3) is 3.62. The van der Waals surface area contributed by atoms with Crippen molar-refractivity contribution in [1.82, 2.24) is 14.5 Å². The van der Waals surface area contributed by atoms with E-state index < -0.39 is 0 Å². The van der Waals surface area contributed by atoms with E-state index in [-0.39, 0.29) is 5.75 Å². The summed E-state index contributed by atoms with van der Waals surface area (Å²) in [6, 6.07) is 3.15. The standard InChI is InChI=1S/C13H15Cl2N3O/c1-17(6-7-18-5-4-16-9-18)8-10-11(14)2-3-12(19)13(10)15/h2-5,9,19H,6-8H2,1H3. The van der Waals surface area contributed by atoms with Gasteiger partial charge in [-0.1, -0.05) is 23.2 Å². The molecule has 0 aliphatic heterocycles. The van der Waals surface area contributed by atoms with E-state index in [0.29, 0.717) is 16.6 Å². The summed E-state index contributed by atoms with van der Waals surface area (Å²) in [7, 11) is 1.98. The zero-order valence-electron chi connectivity index (χ0n) is 10.6. The van der Waals surface area contributed by atoms with E-state index in [2.05, 4.69) is 9.88 Å². The summed E-state index contributed by atoms with van der Waals surface area (Å²) in [6.07, 6.45) is 5.45. The average Bonchev–Trinajstić information content (AvgIpc) is 2.90. The molecule has 0 amide bonds. The molecule has 2 aromatic rings. The lowest BCUT2D eigenvalue weighted by Gasteiger charge is -2.19. The molecule has 19 heavy (non-hydrogen) atoms. The van der Waals surface area contributed by atoms with Crippen molar-refractivity contribution in [2.24, 2.45) is 0 Å². The number of likely N-dealkylation sites (N-methyl/N-ethyl adjacent to an activating group) is 1. The summed E-state index contributed by atoms with van der Waals surface area (Å²) in [5.41, 5.74) is 0.747. The highest BCUT2D eigenvalue weighted by Crippen LogP contribution is 2.33. The van der Waals surface area contributed by atoms with Crippen LogP contribution >= 0.6 is 23.2 Å².